The van der Waals surface area contributed by atoms with E-state index in [0.717, 1.165) is 11.8 Å². The number of nitrogens with zero attached hydrogens (tertiary/aromatic N) is 2. The molecular weight excluding hydrogens is 553 g/mol. The predicted molar refractivity (Wildman–Crippen MR) is 186 cm³/mol. The topological polar surface area (TPSA) is 91.0 Å². The van der Waals surface area contributed by atoms with Crippen LogP contribution in [-0.4, -0.2) is 104 Å². The van der Waals surface area contributed by atoms with Gasteiger partial charge in [-0.3, -0.25) is 14.5 Å². The van der Waals surface area contributed by atoms with Gasteiger partial charge in [-0.25, -0.2) is 4.39 Å². The molecule has 2 aliphatic heterocycles. The number of amides is 2. The van der Waals surface area contributed by atoms with Gasteiger partial charge < -0.3 is 25.1 Å². The second-order valence-corrected chi connectivity index (χ2v) is 14.8. The van der Waals surface area contributed by atoms with Gasteiger partial charge in [-0.15, -0.1) is 0 Å². The fraction of sp³-hybridized carbons (Fsp3) is 0.500. The molecule has 0 aromatic heterocycles. The van der Waals surface area contributed by atoms with Gasteiger partial charge in [0.2, 0.25) is 5.91 Å². The third kappa shape index (κ3) is 5.99. The van der Waals surface area contributed by atoms with Gasteiger partial charge in [0.1, 0.15) is 51.3 Å². The summed E-state index contributed by atoms with van der Waals surface area (Å²) in [7, 11) is 10.5. The van der Waals surface area contributed by atoms with E-state index < -0.39 is 15.9 Å². The van der Waals surface area contributed by atoms with Crippen LogP contribution in [0, 0.1) is 5.82 Å². The molecule has 0 aliphatic carbocycles. The number of hydrogen-bond donors (Lipinski definition) is 2. The summed E-state index contributed by atoms with van der Waals surface area (Å²) in [4.78, 5) is 43.4. The van der Waals surface area contributed by atoms with Crippen molar-refractivity contribution in [2.45, 2.75) is 74.4 Å². The number of anilines is 1. The third-order valence-corrected chi connectivity index (χ3v) is 10.1. The molecule has 2 heterocycles. The zero-order chi connectivity index (χ0) is 32.9. The summed E-state index contributed by atoms with van der Waals surface area (Å²) in [5.74, 6) is -0.884. The Hall–Kier alpha value is -2.98. The molecule has 1 saturated heterocycles. The Labute approximate surface area is 265 Å². The van der Waals surface area contributed by atoms with Crippen molar-refractivity contribution in [3.8, 4) is 0 Å². The van der Waals surface area contributed by atoms with E-state index in [1.54, 1.807) is 46.6 Å². The maximum Gasteiger partial charge on any atom is 0.254 e. The molecule has 8 nitrogen and oxygen atoms in total. The summed E-state index contributed by atoms with van der Waals surface area (Å²) in [6.07, 6.45) is 0.846. The van der Waals surface area contributed by atoms with Gasteiger partial charge >= 0.3 is 0 Å². The number of fused-ring (bicyclic) bond motifs is 1. The van der Waals surface area contributed by atoms with Crippen molar-refractivity contribution in [1.82, 2.24) is 15.1 Å². The van der Waals surface area contributed by atoms with Crippen molar-refractivity contribution in [3.63, 3.8) is 0 Å². The van der Waals surface area contributed by atoms with E-state index in [1.165, 1.54) is 7.05 Å². The van der Waals surface area contributed by atoms with Crippen LogP contribution in [0.4, 0.5) is 10.1 Å². The Morgan fingerprint density at radius 3 is 2.20 bits per heavy atom. The molecule has 2 aromatic rings. The number of hydrogen-bond acceptors (Lipinski definition) is 6. The third-order valence-electron chi connectivity index (χ3n) is 10.1. The van der Waals surface area contributed by atoms with Crippen molar-refractivity contribution in [3.05, 3.63) is 64.5 Å². The molecule has 0 bridgehead atoms. The molecule has 14 heteroatoms. The van der Waals surface area contributed by atoms with Crippen LogP contribution in [0.25, 0.3) is 0 Å². The van der Waals surface area contributed by atoms with Crippen LogP contribution < -0.4 is 10.6 Å². The van der Waals surface area contributed by atoms with E-state index in [9.17, 15) is 14.4 Å². The molecule has 2 aromatic carbocycles. The number of ether oxygens (including phenoxy) is 1. The van der Waals surface area contributed by atoms with Crippen LogP contribution >= 0.6 is 0 Å². The Balaban J connectivity index is 1.59. The molecule has 0 radical (unpaired) electrons. The van der Waals surface area contributed by atoms with E-state index in [4.69, 9.17) is 4.74 Å². The van der Waals surface area contributed by atoms with Gasteiger partial charge in [-0.2, -0.15) is 0 Å². The number of carbonyl (C=O) groups is 3. The Bertz CT molecular complexity index is 1450. The normalized spacial score (nSPS) is 19.6. The summed E-state index contributed by atoms with van der Waals surface area (Å²) in [6.45, 7) is 10.5. The fourth-order valence-corrected chi connectivity index (χ4v) is 7.00. The number of likely N-dealkylation sites (N-methyl/N-ethyl adjacent to an activating group) is 1. The highest BCUT2D eigenvalue weighted by Gasteiger charge is 2.59. The van der Waals surface area contributed by atoms with Gasteiger partial charge in [0.05, 0.1) is 16.6 Å². The quantitative estimate of drug-likeness (QED) is 0.265. The molecule has 4 rings (SSSR count). The van der Waals surface area contributed by atoms with Crippen LogP contribution in [-0.2, 0) is 34.0 Å². The van der Waals surface area contributed by atoms with Gasteiger partial charge in [-0.05, 0) is 45.0 Å². The second kappa shape index (κ2) is 11.8. The molecule has 230 valence electrons. The molecule has 1 atom stereocenters. The molecule has 44 heavy (non-hydrogen) atoms. The lowest BCUT2D eigenvalue weighted by Gasteiger charge is -2.55. The highest BCUT2D eigenvalue weighted by Crippen LogP contribution is 2.52. The van der Waals surface area contributed by atoms with Crippen LogP contribution in [0.3, 0.4) is 0 Å². The lowest BCUT2D eigenvalue weighted by atomic mass is 9.23. The number of carbonyl (C=O) groups excluding carboxylic acids is 3. The molecular formula is C30H44B5FN4O4. The molecule has 1 fully saturated rings. The minimum atomic E-state index is -1.34. The first-order valence-corrected chi connectivity index (χ1v) is 15.4. The van der Waals surface area contributed by atoms with Gasteiger partial charge in [-0.1, -0.05) is 29.5 Å². The first-order chi connectivity index (χ1) is 20.3. The molecule has 0 saturated carbocycles. The summed E-state index contributed by atoms with van der Waals surface area (Å²) >= 11 is 0. The maximum atomic E-state index is 15.8. The predicted octanol–water partition coefficient (Wildman–Crippen LogP) is -1.18. The summed E-state index contributed by atoms with van der Waals surface area (Å²) in [5.41, 5.74) is 1.06. The van der Waals surface area contributed by atoms with Crippen LogP contribution in [0.1, 0.15) is 54.7 Å². The highest BCUT2D eigenvalue weighted by atomic mass is 19.1. The zero-order valence-electron chi connectivity index (χ0n) is 28.0. The largest absolute Gasteiger partial charge is 0.381 e. The average molecular weight is 598 g/mol. The van der Waals surface area contributed by atoms with E-state index >= 15 is 4.39 Å². The maximum absolute atomic E-state index is 15.8. The van der Waals surface area contributed by atoms with Crippen molar-refractivity contribution in [2.24, 2.45) is 0 Å². The highest BCUT2D eigenvalue weighted by molar-refractivity contribution is 6.63. The molecule has 2 aliphatic rings. The van der Waals surface area contributed by atoms with Crippen LogP contribution in [0.5, 0.6) is 0 Å². The van der Waals surface area contributed by atoms with E-state index in [0.29, 0.717) is 42.0 Å². The minimum absolute atomic E-state index is 0.171. The number of nitrogens with one attached hydrogen (secondary N) is 2. The molecule has 1 unspecified atom stereocenters. The lowest BCUT2D eigenvalue weighted by Crippen LogP contribution is -2.69. The van der Waals surface area contributed by atoms with Crippen LogP contribution in [0.2, 0.25) is 10.4 Å². The minimum Gasteiger partial charge on any atom is -0.381 e. The van der Waals surface area contributed by atoms with Gasteiger partial charge in [0.25, 0.3) is 5.91 Å². The first kappa shape index (κ1) is 33.9. The Morgan fingerprint density at radius 2 is 1.61 bits per heavy atom. The van der Waals surface area contributed by atoms with E-state index in [-0.39, 0.29) is 41.9 Å². The number of morpholine rings is 1. The van der Waals surface area contributed by atoms with Crippen molar-refractivity contribution in [2.75, 3.05) is 25.5 Å². The fourth-order valence-electron chi connectivity index (χ4n) is 7.00. The van der Waals surface area contributed by atoms with E-state index in [2.05, 4.69) is 43.2 Å². The number of aldehydes is 1. The molecule has 2 N–H and O–H groups in total. The lowest BCUT2D eigenvalue weighted by molar-refractivity contribution is -0.182. The molecule has 2 amide bonds. The van der Waals surface area contributed by atoms with Crippen molar-refractivity contribution >= 4 is 63.0 Å². The second-order valence-electron chi connectivity index (χ2n) is 14.8. The average Bonchev–Trinajstić information content (AvgIpc) is 3.27. The number of rotatable bonds is 10. The monoisotopic (exact) mass is 598 g/mol. The Morgan fingerprint density at radius 1 is 1.02 bits per heavy atom. The Kier molecular flexibility index (Phi) is 9.06. The smallest absolute Gasteiger partial charge is 0.254 e. The van der Waals surface area contributed by atoms with E-state index in [1.807, 2.05) is 33.9 Å². The van der Waals surface area contributed by atoms with Crippen molar-refractivity contribution in [1.29, 1.82) is 0 Å². The number of benzene rings is 2. The summed E-state index contributed by atoms with van der Waals surface area (Å²) in [6, 6.07) is 10.9. The van der Waals surface area contributed by atoms with Crippen LogP contribution in [0.15, 0.2) is 36.4 Å². The first-order valence-electron chi connectivity index (χ1n) is 15.4. The molecule has 0 spiro atoms. The van der Waals surface area contributed by atoms with Crippen molar-refractivity contribution < 1.29 is 23.5 Å². The standard InChI is InChI=1S/C30H44B5FN4O4/c1-26(2)15-39(16-27(3,4)44-26)13-19-9-6-8-18(23(19)36)12-38-22-11-7-10-20-21(22)14-40(24(20)42)29(33,25(43)37-5)30(34,35)28(31,32)17-41/h6-11,17,38H,12-16,31-35H2,1-5H3,(H,37,43). The zero-order valence-corrected chi connectivity index (χ0v) is 28.0. The summed E-state index contributed by atoms with van der Waals surface area (Å²) < 4.78 is 22.0. The van der Waals surface area contributed by atoms with Gasteiger partial charge in [0, 0.05) is 67.7 Å². The SMILES string of the molecule is BC(B)(C=O)C(B)(B)C(B)(C(=O)NC)N1Cc2c(NCc3cccc(CN4CC(C)(C)OC(C)(C)C4)c3F)cccc2C1=O. The summed E-state index contributed by atoms with van der Waals surface area (Å²) in [5, 5.41) is 4.25. The van der Waals surface area contributed by atoms with Gasteiger partial charge in [0.15, 0.2) is 0 Å². The number of halogens is 1.